The van der Waals surface area contributed by atoms with Gasteiger partial charge in [0.2, 0.25) is 0 Å². The highest BCUT2D eigenvalue weighted by atomic mass is 32.2. The second kappa shape index (κ2) is 6.82. The lowest BCUT2D eigenvalue weighted by Crippen LogP contribution is -2.12. The highest BCUT2D eigenvalue weighted by molar-refractivity contribution is 7.99. The Labute approximate surface area is 129 Å². The second-order valence-electron chi connectivity index (χ2n) is 4.80. The monoisotopic (exact) mass is 304 g/mol. The van der Waals surface area contributed by atoms with E-state index in [1.165, 1.54) is 18.1 Å². The van der Waals surface area contributed by atoms with Gasteiger partial charge in [0.15, 0.2) is 5.16 Å². The Hall–Kier alpha value is -1.73. The van der Waals surface area contributed by atoms with Gasteiger partial charge >= 0.3 is 0 Å². The van der Waals surface area contributed by atoms with Crippen LogP contribution in [-0.2, 0) is 6.42 Å². The van der Waals surface area contributed by atoms with E-state index in [1.807, 2.05) is 20.8 Å². The van der Waals surface area contributed by atoms with Crippen LogP contribution in [0.2, 0.25) is 0 Å². The number of hydrazine groups is 1. The van der Waals surface area contributed by atoms with E-state index in [1.54, 1.807) is 0 Å². The minimum absolute atomic E-state index is 0.662. The van der Waals surface area contributed by atoms with E-state index in [9.17, 15) is 0 Å². The second-order valence-corrected chi connectivity index (χ2v) is 5.76. The first-order chi connectivity index (χ1) is 10.1. The number of nitrogens with one attached hydrogen (secondary N) is 1. The fraction of sp³-hybridized carbons (Fsp3) is 0.429. The van der Waals surface area contributed by atoms with Crippen molar-refractivity contribution in [2.45, 2.75) is 50.7 Å². The lowest BCUT2D eigenvalue weighted by molar-refractivity contribution is 0.845. The van der Waals surface area contributed by atoms with Gasteiger partial charge in [-0.3, -0.25) is 0 Å². The molecular formula is C14H20N6S. The first-order valence-electron chi connectivity index (χ1n) is 6.87. The molecule has 0 aromatic carbocycles. The molecule has 3 N–H and O–H groups in total. The van der Waals surface area contributed by atoms with Crippen LogP contribution in [0, 0.1) is 20.8 Å². The van der Waals surface area contributed by atoms with Crippen molar-refractivity contribution in [3.8, 4) is 0 Å². The standard InChI is InChI=1S/C14H20N6S/c1-5-6-11-12(20-15)16-7-17-13(11)21-14-18-9(3)8(2)10(4)19-14/h7H,5-6,15H2,1-4H3,(H,16,17,20). The smallest absolute Gasteiger partial charge is 0.194 e. The zero-order valence-corrected chi connectivity index (χ0v) is 13.6. The van der Waals surface area contributed by atoms with Gasteiger partial charge in [-0.05, 0) is 44.5 Å². The Morgan fingerprint density at radius 3 is 2.38 bits per heavy atom. The molecule has 0 amide bonds. The van der Waals surface area contributed by atoms with E-state index >= 15 is 0 Å². The average Bonchev–Trinajstić information content (AvgIpc) is 2.46. The van der Waals surface area contributed by atoms with Crippen LogP contribution in [0.4, 0.5) is 5.82 Å². The largest absolute Gasteiger partial charge is 0.308 e. The minimum atomic E-state index is 0.662. The van der Waals surface area contributed by atoms with Crippen LogP contribution in [0.5, 0.6) is 0 Å². The minimum Gasteiger partial charge on any atom is -0.308 e. The lowest BCUT2D eigenvalue weighted by Gasteiger charge is -2.11. The van der Waals surface area contributed by atoms with Crippen LogP contribution in [0.1, 0.15) is 35.9 Å². The predicted molar refractivity (Wildman–Crippen MR) is 84.2 cm³/mol. The molecule has 0 radical (unpaired) electrons. The third kappa shape index (κ3) is 3.48. The van der Waals surface area contributed by atoms with Crippen LogP contribution in [0.25, 0.3) is 0 Å². The number of hydrogen-bond acceptors (Lipinski definition) is 7. The Kier molecular flexibility index (Phi) is 5.08. The third-order valence-corrected chi connectivity index (χ3v) is 4.25. The van der Waals surface area contributed by atoms with Crippen LogP contribution >= 0.6 is 11.8 Å². The fourth-order valence-electron chi connectivity index (χ4n) is 1.96. The maximum absolute atomic E-state index is 5.53. The van der Waals surface area contributed by atoms with E-state index < -0.39 is 0 Å². The van der Waals surface area contributed by atoms with Gasteiger partial charge < -0.3 is 5.43 Å². The summed E-state index contributed by atoms with van der Waals surface area (Å²) < 4.78 is 0. The number of aromatic nitrogens is 4. The zero-order chi connectivity index (χ0) is 15.4. The van der Waals surface area contributed by atoms with E-state index in [0.29, 0.717) is 11.0 Å². The van der Waals surface area contributed by atoms with Crippen molar-refractivity contribution in [3.63, 3.8) is 0 Å². The van der Waals surface area contributed by atoms with Crippen molar-refractivity contribution in [1.82, 2.24) is 19.9 Å². The topological polar surface area (TPSA) is 89.6 Å². The van der Waals surface area contributed by atoms with Crippen molar-refractivity contribution < 1.29 is 0 Å². The third-order valence-electron chi connectivity index (χ3n) is 3.34. The molecule has 2 aromatic rings. The number of rotatable bonds is 5. The molecule has 0 saturated carbocycles. The molecule has 0 saturated heterocycles. The number of anilines is 1. The SMILES string of the molecule is CCCc1c(NN)ncnc1Sc1nc(C)c(C)c(C)n1. The van der Waals surface area contributed by atoms with Gasteiger partial charge in [-0.1, -0.05) is 13.3 Å². The molecule has 0 fully saturated rings. The summed E-state index contributed by atoms with van der Waals surface area (Å²) in [5.74, 6) is 6.19. The number of hydrogen-bond donors (Lipinski definition) is 2. The molecule has 2 heterocycles. The van der Waals surface area contributed by atoms with Crippen molar-refractivity contribution in [3.05, 3.63) is 28.8 Å². The van der Waals surface area contributed by atoms with Gasteiger partial charge in [0, 0.05) is 17.0 Å². The van der Waals surface area contributed by atoms with Crippen molar-refractivity contribution in [2.75, 3.05) is 5.43 Å². The number of aryl methyl sites for hydroxylation is 2. The number of nitrogens with two attached hydrogens (primary N) is 1. The van der Waals surface area contributed by atoms with Gasteiger partial charge in [0.25, 0.3) is 0 Å². The van der Waals surface area contributed by atoms with Crippen LogP contribution in [0.15, 0.2) is 16.5 Å². The van der Waals surface area contributed by atoms with Gasteiger partial charge in [0.05, 0.1) is 0 Å². The summed E-state index contributed by atoms with van der Waals surface area (Å²) >= 11 is 1.45. The molecule has 0 aliphatic heterocycles. The normalized spacial score (nSPS) is 10.7. The molecule has 0 unspecified atom stereocenters. The van der Waals surface area contributed by atoms with Crippen LogP contribution in [-0.4, -0.2) is 19.9 Å². The summed E-state index contributed by atoms with van der Waals surface area (Å²) in [6.45, 7) is 8.13. The van der Waals surface area contributed by atoms with Crippen molar-refractivity contribution >= 4 is 17.6 Å². The van der Waals surface area contributed by atoms with E-state index in [0.717, 1.165) is 40.4 Å². The van der Waals surface area contributed by atoms with E-state index in [4.69, 9.17) is 5.84 Å². The van der Waals surface area contributed by atoms with Crippen molar-refractivity contribution in [2.24, 2.45) is 5.84 Å². The van der Waals surface area contributed by atoms with Gasteiger partial charge in [-0.25, -0.2) is 25.8 Å². The van der Waals surface area contributed by atoms with Gasteiger partial charge in [-0.15, -0.1) is 0 Å². The first kappa shape index (κ1) is 15.7. The number of nitrogen functional groups attached to an aromatic ring is 1. The van der Waals surface area contributed by atoms with Crippen LogP contribution in [0.3, 0.4) is 0 Å². The first-order valence-corrected chi connectivity index (χ1v) is 7.68. The molecular weight excluding hydrogens is 284 g/mol. The van der Waals surface area contributed by atoms with E-state index in [-0.39, 0.29) is 0 Å². The zero-order valence-electron chi connectivity index (χ0n) is 12.8. The highest BCUT2D eigenvalue weighted by Gasteiger charge is 2.14. The Balaban J connectivity index is 2.39. The van der Waals surface area contributed by atoms with Gasteiger partial charge in [-0.2, -0.15) is 0 Å². The maximum atomic E-state index is 5.53. The highest BCUT2D eigenvalue weighted by Crippen LogP contribution is 2.30. The molecule has 0 spiro atoms. The van der Waals surface area contributed by atoms with E-state index in [2.05, 4.69) is 32.3 Å². The summed E-state index contributed by atoms with van der Waals surface area (Å²) in [5, 5.41) is 1.55. The average molecular weight is 304 g/mol. The molecule has 2 rings (SSSR count). The lowest BCUT2D eigenvalue weighted by atomic mass is 10.2. The quantitative estimate of drug-likeness (QED) is 0.380. The molecule has 0 bridgehead atoms. The Bertz CT molecular complexity index is 620. The number of nitrogens with zero attached hydrogens (tertiary/aromatic N) is 4. The fourth-order valence-corrected chi connectivity index (χ4v) is 2.92. The van der Waals surface area contributed by atoms with Crippen LogP contribution < -0.4 is 11.3 Å². The Morgan fingerprint density at radius 1 is 1.14 bits per heavy atom. The molecule has 2 aromatic heterocycles. The summed E-state index contributed by atoms with van der Waals surface area (Å²) in [4.78, 5) is 17.6. The van der Waals surface area contributed by atoms with Gasteiger partial charge in [0.1, 0.15) is 17.2 Å². The molecule has 0 aliphatic rings. The summed E-state index contributed by atoms with van der Waals surface area (Å²) in [5.41, 5.74) is 6.75. The van der Waals surface area contributed by atoms with Crippen molar-refractivity contribution in [1.29, 1.82) is 0 Å². The summed E-state index contributed by atoms with van der Waals surface area (Å²) in [6, 6.07) is 0. The Morgan fingerprint density at radius 2 is 1.81 bits per heavy atom. The molecule has 6 nitrogen and oxygen atoms in total. The molecule has 0 aliphatic carbocycles. The maximum Gasteiger partial charge on any atom is 0.194 e. The molecule has 7 heteroatoms. The summed E-state index contributed by atoms with van der Waals surface area (Å²) in [6.07, 6.45) is 3.35. The molecule has 21 heavy (non-hydrogen) atoms. The summed E-state index contributed by atoms with van der Waals surface area (Å²) in [7, 11) is 0. The predicted octanol–water partition coefficient (Wildman–Crippen LogP) is 2.58. The molecule has 0 atom stereocenters. The molecule has 112 valence electrons.